The van der Waals surface area contributed by atoms with Crippen LogP contribution >= 0.6 is 34.8 Å². The molecule has 0 aliphatic carbocycles. The maximum atomic E-state index is 14.0. The number of sulfonamides is 1. The molecule has 8 nitrogen and oxygen atoms in total. The minimum Gasteiger partial charge on any atom is -0.495 e. The van der Waals surface area contributed by atoms with Gasteiger partial charge in [0.25, 0.3) is 10.0 Å². The lowest BCUT2D eigenvalue weighted by Crippen LogP contribution is -2.51. The number of halogens is 3. The van der Waals surface area contributed by atoms with E-state index in [2.05, 4.69) is 5.32 Å². The van der Waals surface area contributed by atoms with Crippen molar-refractivity contribution in [1.82, 2.24) is 10.2 Å². The molecule has 0 bridgehead atoms. The topological polar surface area (TPSA) is 96.0 Å². The van der Waals surface area contributed by atoms with Gasteiger partial charge in [-0.2, -0.15) is 0 Å². The van der Waals surface area contributed by atoms with Crippen LogP contribution in [0, 0.1) is 0 Å². The first-order chi connectivity index (χ1) is 19.5. The van der Waals surface area contributed by atoms with Gasteiger partial charge < -0.3 is 15.0 Å². The van der Waals surface area contributed by atoms with Crippen LogP contribution in [0.1, 0.15) is 32.3 Å². The molecule has 1 unspecified atom stereocenters. The average Bonchev–Trinajstić information content (AvgIpc) is 2.96. The summed E-state index contributed by atoms with van der Waals surface area (Å²) in [4.78, 5) is 28.3. The molecule has 0 heterocycles. The highest BCUT2D eigenvalue weighted by Gasteiger charge is 2.32. The quantitative estimate of drug-likeness (QED) is 0.225. The number of carbonyl (C=O) groups excluding carboxylic acids is 2. The van der Waals surface area contributed by atoms with Gasteiger partial charge in [-0.05, 0) is 61.4 Å². The fraction of sp³-hybridized carbons (Fsp3) is 0.310. The molecule has 12 heteroatoms. The molecule has 1 atom stereocenters. The lowest BCUT2D eigenvalue weighted by atomic mass is 10.1. The Morgan fingerprint density at radius 1 is 0.951 bits per heavy atom. The molecule has 2 amide bonds. The van der Waals surface area contributed by atoms with E-state index in [1.165, 1.54) is 42.3 Å². The van der Waals surface area contributed by atoms with Crippen LogP contribution in [0.15, 0.2) is 71.6 Å². The molecule has 0 fully saturated rings. The number of methoxy groups -OCH3 is 1. The molecule has 1 N–H and O–H groups in total. The van der Waals surface area contributed by atoms with Crippen molar-refractivity contribution >= 4 is 62.3 Å². The van der Waals surface area contributed by atoms with Crippen molar-refractivity contribution in [1.29, 1.82) is 0 Å². The Morgan fingerprint density at radius 3 is 2.27 bits per heavy atom. The van der Waals surface area contributed by atoms with Gasteiger partial charge in [-0.3, -0.25) is 13.9 Å². The smallest absolute Gasteiger partial charge is 0.264 e. The summed E-state index contributed by atoms with van der Waals surface area (Å²) in [5.74, 6) is -0.630. The monoisotopic (exact) mass is 639 g/mol. The SMILES string of the molecule is CCCCNC(=O)C(C)N(Cc1ccc(Cl)c(Cl)c1)C(=O)CN(c1ccc(OC)c(Cl)c1)S(=O)(=O)c1ccccc1. The van der Waals surface area contributed by atoms with Crippen molar-refractivity contribution in [2.75, 3.05) is 24.5 Å². The lowest BCUT2D eigenvalue weighted by molar-refractivity contribution is -0.139. The van der Waals surface area contributed by atoms with Crippen LogP contribution in [-0.2, 0) is 26.2 Å². The zero-order valence-electron chi connectivity index (χ0n) is 22.9. The second kappa shape index (κ2) is 14.8. The number of hydrogen-bond donors (Lipinski definition) is 1. The van der Waals surface area contributed by atoms with Crippen LogP contribution in [-0.4, -0.2) is 51.4 Å². The second-order valence-electron chi connectivity index (χ2n) is 9.23. The van der Waals surface area contributed by atoms with Crippen LogP contribution in [0.2, 0.25) is 15.1 Å². The molecular weight excluding hydrogens is 609 g/mol. The van der Waals surface area contributed by atoms with E-state index in [-0.39, 0.29) is 33.1 Å². The summed E-state index contributed by atoms with van der Waals surface area (Å²) in [6, 6.07) is 16.2. The number of anilines is 1. The van der Waals surface area contributed by atoms with Crippen molar-refractivity contribution in [2.24, 2.45) is 0 Å². The zero-order valence-corrected chi connectivity index (χ0v) is 26.0. The molecule has 41 heavy (non-hydrogen) atoms. The molecule has 3 aromatic carbocycles. The average molecular weight is 641 g/mol. The Kier molecular flexibility index (Phi) is 11.7. The number of benzene rings is 3. The van der Waals surface area contributed by atoms with Crippen molar-refractivity contribution in [3.05, 3.63) is 87.4 Å². The van der Waals surface area contributed by atoms with E-state index in [9.17, 15) is 18.0 Å². The molecule has 220 valence electrons. The Hall–Kier alpha value is -2.98. The number of ether oxygens (including phenoxy) is 1. The first-order valence-corrected chi connectivity index (χ1v) is 15.5. The number of carbonyl (C=O) groups is 2. The van der Waals surface area contributed by atoms with Crippen LogP contribution in [0.4, 0.5) is 5.69 Å². The highest BCUT2D eigenvalue weighted by atomic mass is 35.5. The summed E-state index contributed by atoms with van der Waals surface area (Å²) in [6.45, 7) is 3.43. The highest BCUT2D eigenvalue weighted by Crippen LogP contribution is 2.32. The van der Waals surface area contributed by atoms with E-state index in [4.69, 9.17) is 39.5 Å². The Bertz CT molecular complexity index is 1470. The Labute approximate surface area is 256 Å². The van der Waals surface area contributed by atoms with E-state index >= 15 is 0 Å². The third-order valence-corrected chi connectivity index (χ3v) is 9.19. The van der Waals surface area contributed by atoms with E-state index in [1.807, 2.05) is 6.92 Å². The van der Waals surface area contributed by atoms with Crippen molar-refractivity contribution < 1.29 is 22.7 Å². The van der Waals surface area contributed by atoms with Gasteiger partial charge in [0.15, 0.2) is 0 Å². The van der Waals surface area contributed by atoms with Gasteiger partial charge in [-0.1, -0.05) is 72.4 Å². The molecule has 3 aromatic rings. The number of nitrogens with zero attached hydrogens (tertiary/aromatic N) is 2. The fourth-order valence-electron chi connectivity index (χ4n) is 4.01. The molecule has 0 aromatic heterocycles. The fourth-order valence-corrected chi connectivity index (χ4v) is 6.01. The number of nitrogens with one attached hydrogen (secondary N) is 1. The summed E-state index contributed by atoms with van der Waals surface area (Å²) in [5.41, 5.74) is 0.772. The van der Waals surface area contributed by atoms with Gasteiger partial charge in [0.2, 0.25) is 11.8 Å². The summed E-state index contributed by atoms with van der Waals surface area (Å²) in [6.07, 6.45) is 1.66. The minimum atomic E-state index is -4.22. The van der Waals surface area contributed by atoms with Crippen molar-refractivity contribution in [3.63, 3.8) is 0 Å². The third-order valence-electron chi connectivity index (χ3n) is 6.37. The summed E-state index contributed by atoms with van der Waals surface area (Å²) >= 11 is 18.6. The molecule has 0 aliphatic rings. The summed E-state index contributed by atoms with van der Waals surface area (Å²) < 4.78 is 33.9. The van der Waals surface area contributed by atoms with Gasteiger partial charge in [0, 0.05) is 13.1 Å². The molecule has 0 aliphatic heterocycles. The van der Waals surface area contributed by atoms with Gasteiger partial charge in [-0.15, -0.1) is 0 Å². The number of unbranched alkanes of at least 4 members (excludes halogenated alkanes) is 1. The van der Waals surface area contributed by atoms with Gasteiger partial charge >= 0.3 is 0 Å². The standard InChI is InChI=1S/C29H32Cl3N3O5S/c1-4-5-15-33-29(37)20(2)34(18-21-11-13-24(30)25(31)16-21)28(36)19-35(22-12-14-27(40-3)26(32)17-22)41(38,39)23-9-7-6-8-10-23/h6-14,16-17,20H,4-5,15,18-19H2,1-3H3,(H,33,37). The van der Waals surface area contributed by atoms with Crippen LogP contribution in [0.25, 0.3) is 0 Å². The molecule has 3 rings (SSSR count). The minimum absolute atomic E-state index is 0.0128. The number of rotatable bonds is 13. The Morgan fingerprint density at radius 2 is 1.66 bits per heavy atom. The van der Waals surface area contributed by atoms with Crippen LogP contribution < -0.4 is 14.4 Å². The predicted octanol–water partition coefficient (Wildman–Crippen LogP) is 6.18. The second-order valence-corrected chi connectivity index (χ2v) is 12.3. The largest absolute Gasteiger partial charge is 0.495 e. The third kappa shape index (κ3) is 8.29. The molecule has 0 radical (unpaired) electrons. The van der Waals surface area contributed by atoms with E-state index < -0.39 is 28.5 Å². The predicted molar refractivity (Wildman–Crippen MR) is 163 cm³/mol. The number of amides is 2. The summed E-state index contributed by atoms with van der Waals surface area (Å²) in [7, 11) is -2.78. The van der Waals surface area contributed by atoms with Gasteiger partial charge in [0.05, 0.1) is 32.8 Å². The maximum absolute atomic E-state index is 14.0. The molecule has 0 saturated heterocycles. The molecular formula is C29H32Cl3N3O5S. The normalized spacial score (nSPS) is 12.0. The van der Waals surface area contributed by atoms with E-state index in [0.29, 0.717) is 22.9 Å². The van der Waals surface area contributed by atoms with Crippen molar-refractivity contribution in [3.8, 4) is 5.75 Å². The lowest BCUT2D eigenvalue weighted by Gasteiger charge is -2.32. The first kappa shape index (κ1) is 32.5. The summed E-state index contributed by atoms with van der Waals surface area (Å²) in [5, 5.41) is 3.64. The molecule has 0 saturated carbocycles. The van der Waals surface area contributed by atoms with Gasteiger partial charge in [0.1, 0.15) is 18.3 Å². The van der Waals surface area contributed by atoms with Crippen molar-refractivity contribution in [2.45, 2.75) is 44.2 Å². The molecule has 0 spiro atoms. The maximum Gasteiger partial charge on any atom is 0.264 e. The number of hydrogen-bond acceptors (Lipinski definition) is 5. The van der Waals surface area contributed by atoms with Crippen LogP contribution in [0.5, 0.6) is 5.75 Å². The van der Waals surface area contributed by atoms with Crippen LogP contribution in [0.3, 0.4) is 0 Å². The van der Waals surface area contributed by atoms with Gasteiger partial charge in [-0.25, -0.2) is 8.42 Å². The highest BCUT2D eigenvalue weighted by molar-refractivity contribution is 7.92. The zero-order chi connectivity index (χ0) is 30.2. The van der Waals surface area contributed by atoms with E-state index in [1.54, 1.807) is 43.3 Å². The first-order valence-electron chi connectivity index (χ1n) is 12.9. The Balaban J connectivity index is 2.04. The van der Waals surface area contributed by atoms with E-state index in [0.717, 1.165) is 17.1 Å².